The number of hydrogen-bond donors (Lipinski definition) is 3. The Labute approximate surface area is 132 Å². The molecule has 0 heterocycles. The Morgan fingerprint density at radius 1 is 1.23 bits per heavy atom. The molecule has 0 aliphatic carbocycles. The van der Waals surface area contributed by atoms with Crippen molar-refractivity contribution in [2.75, 3.05) is 6.54 Å². The Bertz CT molecular complexity index is 521. The van der Waals surface area contributed by atoms with E-state index in [0.29, 0.717) is 18.7 Å². The third-order valence-electron chi connectivity index (χ3n) is 3.41. The van der Waals surface area contributed by atoms with Gasteiger partial charge in [-0.25, -0.2) is 0 Å². The van der Waals surface area contributed by atoms with Crippen LogP contribution in [0.3, 0.4) is 0 Å². The summed E-state index contributed by atoms with van der Waals surface area (Å²) in [6, 6.07) is 6.67. The molecule has 0 unspecified atom stereocenters. The van der Waals surface area contributed by atoms with Crippen LogP contribution in [0.4, 0.5) is 0 Å². The summed E-state index contributed by atoms with van der Waals surface area (Å²) >= 11 is 0. The van der Waals surface area contributed by atoms with Gasteiger partial charge in [-0.05, 0) is 29.5 Å². The number of rotatable bonds is 6. The van der Waals surface area contributed by atoms with E-state index in [1.165, 1.54) is 0 Å². The lowest BCUT2D eigenvalue weighted by Crippen LogP contribution is -2.48. The van der Waals surface area contributed by atoms with Crippen LogP contribution < -0.4 is 16.4 Å². The van der Waals surface area contributed by atoms with Gasteiger partial charge in [0.2, 0.25) is 5.91 Å². The highest BCUT2D eigenvalue weighted by Crippen LogP contribution is 2.17. The summed E-state index contributed by atoms with van der Waals surface area (Å²) in [5.41, 5.74) is 7.10. The standard InChI is InChI=1S/C17H27N3O2/c1-5-9-19-15(21)13-8-6-7-12(10-13)11-20-16(22)14(18)17(2,3)4/h6-8,10,14H,5,9,11,18H2,1-4H3,(H,19,21)(H,20,22)/t14-/m1/s1. The minimum Gasteiger partial charge on any atom is -0.352 e. The number of nitrogens with two attached hydrogens (primary N) is 1. The Morgan fingerprint density at radius 3 is 2.50 bits per heavy atom. The van der Waals surface area contributed by atoms with Gasteiger partial charge in [-0.2, -0.15) is 0 Å². The molecule has 5 nitrogen and oxygen atoms in total. The Hall–Kier alpha value is -1.88. The average Bonchev–Trinajstić information content (AvgIpc) is 2.48. The predicted octanol–water partition coefficient (Wildman–Crippen LogP) is 1.82. The summed E-state index contributed by atoms with van der Waals surface area (Å²) in [5.74, 6) is -0.283. The fraction of sp³-hybridized carbons (Fsp3) is 0.529. The van der Waals surface area contributed by atoms with Gasteiger partial charge in [-0.3, -0.25) is 9.59 Å². The molecular weight excluding hydrogens is 278 g/mol. The first-order chi connectivity index (χ1) is 10.3. The molecule has 0 aliphatic rings. The van der Waals surface area contributed by atoms with Crippen LogP contribution in [0.25, 0.3) is 0 Å². The molecule has 1 aromatic carbocycles. The lowest BCUT2D eigenvalue weighted by atomic mass is 9.87. The monoisotopic (exact) mass is 305 g/mol. The second-order valence-corrected chi connectivity index (χ2v) is 6.52. The third kappa shape index (κ3) is 5.48. The van der Waals surface area contributed by atoms with Crippen molar-refractivity contribution in [1.29, 1.82) is 0 Å². The molecule has 1 rings (SSSR count). The van der Waals surface area contributed by atoms with E-state index in [1.807, 2.05) is 39.8 Å². The van der Waals surface area contributed by atoms with Crippen molar-refractivity contribution < 1.29 is 9.59 Å². The molecule has 0 saturated carbocycles. The molecule has 22 heavy (non-hydrogen) atoms. The van der Waals surface area contributed by atoms with Gasteiger partial charge in [0, 0.05) is 18.7 Å². The van der Waals surface area contributed by atoms with Gasteiger partial charge in [0.1, 0.15) is 0 Å². The maximum atomic E-state index is 12.0. The maximum absolute atomic E-state index is 12.0. The molecule has 1 aromatic rings. The van der Waals surface area contributed by atoms with E-state index < -0.39 is 6.04 Å². The van der Waals surface area contributed by atoms with E-state index in [4.69, 9.17) is 5.73 Å². The molecule has 0 aromatic heterocycles. The van der Waals surface area contributed by atoms with Crippen LogP contribution >= 0.6 is 0 Å². The van der Waals surface area contributed by atoms with Crippen LogP contribution in [-0.4, -0.2) is 24.4 Å². The number of carbonyl (C=O) groups is 2. The fourth-order valence-corrected chi connectivity index (χ4v) is 1.86. The van der Waals surface area contributed by atoms with Gasteiger partial charge < -0.3 is 16.4 Å². The minimum absolute atomic E-state index is 0.0959. The van der Waals surface area contributed by atoms with Gasteiger partial charge in [0.15, 0.2) is 0 Å². The highest BCUT2D eigenvalue weighted by molar-refractivity contribution is 5.94. The molecule has 0 spiro atoms. The summed E-state index contributed by atoms with van der Waals surface area (Å²) in [6.45, 7) is 8.80. The molecule has 0 saturated heterocycles. The smallest absolute Gasteiger partial charge is 0.251 e. The van der Waals surface area contributed by atoms with Crippen molar-refractivity contribution in [3.05, 3.63) is 35.4 Å². The zero-order chi connectivity index (χ0) is 16.8. The molecular formula is C17H27N3O2. The van der Waals surface area contributed by atoms with Crippen LogP contribution in [0, 0.1) is 5.41 Å². The van der Waals surface area contributed by atoms with Crippen molar-refractivity contribution in [3.63, 3.8) is 0 Å². The molecule has 0 bridgehead atoms. The van der Waals surface area contributed by atoms with Crippen LogP contribution in [0.1, 0.15) is 50.0 Å². The zero-order valence-corrected chi connectivity index (χ0v) is 13.9. The molecule has 4 N–H and O–H groups in total. The largest absolute Gasteiger partial charge is 0.352 e. The van der Waals surface area contributed by atoms with Gasteiger partial charge in [0.05, 0.1) is 6.04 Å². The summed E-state index contributed by atoms with van der Waals surface area (Å²) < 4.78 is 0. The van der Waals surface area contributed by atoms with Gasteiger partial charge >= 0.3 is 0 Å². The quantitative estimate of drug-likeness (QED) is 0.749. The SMILES string of the molecule is CCCNC(=O)c1cccc(CNC(=O)[C@@H](N)C(C)(C)C)c1. The summed E-state index contributed by atoms with van der Waals surface area (Å²) in [7, 11) is 0. The maximum Gasteiger partial charge on any atom is 0.251 e. The zero-order valence-electron chi connectivity index (χ0n) is 13.9. The van der Waals surface area contributed by atoms with Gasteiger partial charge in [-0.15, -0.1) is 0 Å². The first-order valence-corrected chi connectivity index (χ1v) is 7.66. The molecule has 5 heteroatoms. The number of carbonyl (C=O) groups excluding carboxylic acids is 2. The van der Waals surface area contributed by atoms with Gasteiger partial charge in [0.25, 0.3) is 5.91 Å². The van der Waals surface area contributed by atoms with Crippen LogP contribution in [0.15, 0.2) is 24.3 Å². The normalized spacial score (nSPS) is 12.6. The minimum atomic E-state index is -0.566. The van der Waals surface area contributed by atoms with Crippen molar-refractivity contribution in [1.82, 2.24) is 10.6 Å². The van der Waals surface area contributed by atoms with E-state index in [2.05, 4.69) is 10.6 Å². The number of hydrogen-bond acceptors (Lipinski definition) is 3. The van der Waals surface area contributed by atoms with E-state index in [0.717, 1.165) is 12.0 Å². The fourth-order valence-electron chi connectivity index (χ4n) is 1.86. The highest BCUT2D eigenvalue weighted by Gasteiger charge is 2.27. The van der Waals surface area contributed by atoms with Gasteiger partial charge in [-0.1, -0.05) is 39.8 Å². The van der Waals surface area contributed by atoms with Crippen molar-refractivity contribution in [2.24, 2.45) is 11.1 Å². The van der Waals surface area contributed by atoms with Crippen LogP contribution in [0.2, 0.25) is 0 Å². The van der Waals surface area contributed by atoms with Crippen molar-refractivity contribution >= 4 is 11.8 Å². The van der Waals surface area contributed by atoms with Crippen molar-refractivity contribution in [3.8, 4) is 0 Å². The highest BCUT2D eigenvalue weighted by atomic mass is 16.2. The summed E-state index contributed by atoms with van der Waals surface area (Å²) in [4.78, 5) is 23.9. The lowest BCUT2D eigenvalue weighted by molar-refractivity contribution is -0.124. The lowest BCUT2D eigenvalue weighted by Gasteiger charge is -2.25. The van der Waals surface area contributed by atoms with Crippen LogP contribution in [0.5, 0.6) is 0 Å². The Morgan fingerprint density at radius 2 is 1.91 bits per heavy atom. The summed E-state index contributed by atoms with van der Waals surface area (Å²) in [5, 5.41) is 5.65. The molecule has 0 fully saturated rings. The Balaban J connectivity index is 2.64. The van der Waals surface area contributed by atoms with Crippen LogP contribution in [-0.2, 0) is 11.3 Å². The summed E-state index contributed by atoms with van der Waals surface area (Å²) in [6.07, 6.45) is 0.895. The molecule has 2 amide bonds. The number of amides is 2. The van der Waals surface area contributed by atoms with E-state index in [-0.39, 0.29) is 17.2 Å². The molecule has 122 valence electrons. The number of benzene rings is 1. The average molecular weight is 305 g/mol. The first-order valence-electron chi connectivity index (χ1n) is 7.66. The predicted molar refractivity (Wildman–Crippen MR) is 88.3 cm³/mol. The number of nitrogens with one attached hydrogen (secondary N) is 2. The molecule has 0 radical (unpaired) electrons. The second-order valence-electron chi connectivity index (χ2n) is 6.52. The van der Waals surface area contributed by atoms with E-state index in [1.54, 1.807) is 12.1 Å². The topological polar surface area (TPSA) is 84.2 Å². The van der Waals surface area contributed by atoms with Crippen molar-refractivity contribution in [2.45, 2.75) is 46.7 Å². The third-order valence-corrected chi connectivity index (χ3v) is 3.41. The van der Waals surface area contributed by atoms with E-state index in [9.17, 15) is 9.59 Å². The molecule has 1 atom stereocenters. The first kappa shape index (κ1) is 18.2. The van der Waals surface area contributed by atoms with E-state index >= 15 is 0 Å². The second kappa shape index (κ2) is 7.94. The molecule has 0 aliphatic heterocycles. The Kier molecular flexibility index (Phi) is 6.56.